The lowest BCUT2D eigenvalue weighted by Crippen LogP contribution is -2.68. The zero-order chi connectivity index (χ0) is 26.4. The zero-order valence-electron chi connectivity index (χ0n) is 22.6. The number of ether oxygens (including phenoxy) is 3. The van der Waals surface area contributed by atoms with Gasteiger partial charge in [-0.2, -0.15) is 0 Å². The third-order valence-electron chi connectivity index (χ3n) is 9.56. The SMILES string of the molecule is CC1=CC23C(=O)[C@@H](C=C4COC(C)(C)O[C@H]4[C@]2(O)[C@H]1OC(=O)c1cc(C)c[nH]1)C(C)(C)[C@@H](C)CC3C. The summed E-state index contributed by atoms with van der Waals surface area (Å²) in [4.78, 5) is 30.9. The summed E-state index contributed by atoms with van der Waals surface area (Å²) in [6.07, 6.45) is 4.41. The minimum absolute atomic E-state index is 0.0382. The molecule has 5 rings (SSSR count). The number of Topliss-reactive ketones (excluding diaryl/α,β-unsaturated/α-hetero) is 1. The van der Waals surface area contributed by atoms with Crippen LogP contribution in [-0.4, -0.2) is 52.0 Å². The van der Waals surface area contributed by atoms with Gasteiger partial charge in [-0.1, -0.05) is 39.8 Å². The lowest BCUT2D eigenvalue weighted by Gasteiger charge is -2.52. The largest absolute Gasteiger partial charge is 0.450 e. The van der Waals surface area contributed by atoms with Crippen molar-refractivity contribution in [3.8, 4) is 0 Å². The number of allylic oxidation sites excluding steroid dienone is 1. The van der Waals surface area contributed by atoms with Gasteiger partial charge in [0.2, 0.25) is 0 Å². The Balaban J connectivity index is 1.72. The van der Waals surface area contributed by atoms with Crippen LogP contribution in [0.4, 0.5) is 0 Å². The van der Waals surface area contributed by atoms with Crippen LogP contribution < -0.4 is 0 Å². The fourth-order valence-corrected chi connectivity index (χ4v) is 7.15. The smallest absolute Gasteiger partial charge is 0.355 e. The molecule has 2 unspecified atom stereocenters. The molecule has 4 aliphatic rings. The quantitative estimate of drug-likeness (QED) is 0.461. The van der Waals surface area contributed by atoms with Crippen LogP contribution in [0.15, 0.2) is 35.6 Å². The number of aromatic amines is 1. The molecule has 1 aromatic heterocycles. The molecule has 1 aliphatic heterocycles. The van der Waals surface area contributed by atoms with Crippen LogP contribution >= 0.6 is 0 Å². The Kier molecular flexibility index (Phi) is 5.57. The first-order chi connectivity index (χ1) is 16.6. The molecule has 7 heteroatoms. The number of aliphatic hydroxyl groups is 1. The van der Waals surface area contributed by atoms with Crippen LogP contribution in [0.1, 0.15) is 70.9 Å². The number of esters is 1. The van der Waals surface area contributed by atoms with Crippen molar-refractivity contribution >= 4 is 11.8 Å². The van der Waals surface area contributed by atoms with Crippen molar-refractivity contribution in [2.45, 2.75) is 85.4 Å². The molecule has 3 aliphatic carbocycles. The van der Waals surface area contributed by atoms with Gasteiger partial charge >= 0.3 is 5.97 Å². The molecule has 0 radical (unpaired) electrons. The minimum atomic E-state index is -1.83. The molecule has 0 amide bonds. The van der Waals surface area contributed by atoms with Gasteiger partial charge in [0.05, 0.1) is 12.0 Å². The van der Waals surface area contributed by atoms with E-state index in [1.807, 2.05) is 32.9 Å². The molecule has 2 N–H and O–H groups in total. The van der Waals surface area contributed by atoms with E-state index in [9.17, 15) is 14.7 Å². The lowest BCUT2D eigenvalue weighted by atomic mass is 9.59. The van der Waals surface area contributed by atoms with Crippen molar-refractivity contribution in [2.24, 2.45) is 28.6 Å². The molecule has 2 fully saturated rings. The molecule has 2 heterocycles. The fourth-order valence-electron chi connectivity index (χ4n) is 7.15. The van der Waals surface area contributed by atoms with Gasteiger partial charge in [-0.25, -0.2) is 4.79 Å². The summed E-state index contributed by atoms with van der Waals surface area (Å²) in [7, 11) is 0. The van der Waals surface area contributed by atoms with Crippen LogP contribution in [0.25, 0.3) is 0 Å². The van der Waals surface area contributed by atoms with E-state index in [0.29, 0.717) is 11.3 Å². The number of carbonyl (C=O) groups excluding carboxylic acids is 2. The second kappa shape index (κ2) is 7.89. The van der Waals surface area contributed by atoms with E-state index < -0.39 is 40.9 Å². The van der Waals surface area contributed by atoms with Gasteiger partial charge < -0.3 is 24.3 Å². The van der Waals surface area contributed by atoms with Gasteiger partial charge in [-0.15, -0.1) is 0 Å². The lowest BCUT2D eigenvalue weighted by molar-refractivity contribution is -0.302. The summed E-state index contributed by atoms with van der Waals surface area (Å²) in [5, 5.41) is 13.0. The van der Waals surface area contributed by atoms with Crippen molar-refractivity contribution in [2.75, 3.05) is 6.61 Å². The number of fused-ring (bicyclic) bond motifs is 3. The third kappa shape index (κ3) is 3.28. The van der Waals surface area contributed by atoms with Gasteiger partial charge in [0, 0.05) is 12.1 Å². The van der Waals surface area contributed by atoms with E-state index in [-0.39, 0.29) is 29.6 Å². The number of carbonyl (C=O) groups is 2. The normalized spacial score (nSPS) is 40.8. The molecule has 196 valence electrons. The Morgan fingerprint density at radius 2 is 1.86 bits per heavy atom. The predicted molar refractivity (Wildman–Crippen MR) is 134 cm³/mol. The Labute approximate surface area is 213 Å². The van der Waals surface area contributed by atoms with Gasteiger partial charge in [0.15, 0.2) is 23.3 Å². The van der Waals surface area contributed by atoms with Gasteiger partial charge in [-0.3, -0.25) is 4.79 Å². The molecule has 1 aromatic rings. The van der Waals surface area contributed by atoms with Crippen molar-refractivity contribution in [1.82, 2.24) is 4.98 Å². The van der Waals surface area contributed by atoms with E-state index in [2.05, 4.69) is 25.8 Å². The molecule has 0 aromatic carbocycles. The Morgan fingerprint density at radius 1 is 1.17 bits per heavy atom. The highest BCUT2D eigenvalue weighted by atomic mass is 16.7. The fraction of sp³-hybridized carbons (Fsp3) is 0.655. The highest BCUT2D eigenvalue weighted by Crippen LogP contribution is 2.63. The molecule has 1 saturated carbocycles. The Morgan fingerprint density at radius 3 is 2.50 bits per heavy atom. The molecular formula is C29H39NO6. The molecular weight excluding hydrogens is 458 g/mol. The average Bonchev–Trinajstić information content (AvgIpc) is 3.29. The number of H-pyrrole nitrogens is 1. The number of aromatic nitrogens is 1. The van der Waals surface area contributed by atoms with Crippen LogP contribution in [0.3, 0.4) is 0 Å². The second-order valence-electron chi connectivity index (χ2n) is 12.6. The van der Waals surface area contributed by atoms with Crippen molar-refractivity contribution in [1.29, 1.82) is 0 Å². The molecule has 36 heavy (non-hydrogen) atoms. The monoisotopic (exact) mass is 497 g/mol. The van der Waals surface area contributed by atoms with Gasteiger partial charge in [-0.05, 0) is 74.1 Å². The van der Waals surface area contributed by atoms with E-state index in [0.717, 1.165) is 17.6 Å². The Hall–Kier alpha value is -2.22. The minimum Gasteiger partial charge on any atom is -0.450 e. The van der Waals surface area contributed by atoms with Crippen LogP contribution in [0.5, 0.6) is 0 Å². The van der Waals surface area contributed by atoms with Crippen LogP contribution in [0, 0.1) is 35.5 Å². The Bertz CT molecular complexity index is 1170. The number of ketones is 1. The molecule has 1 spiro atoms. The standard InChI is InChI=1S/C29H39NO6/c1-15-9-21(30-13-15)25(32)35-23-16(2)12-28-18(4)10-17(3)26(5,6)20(22(28)31)11-19-14-34-27(7,8)36-24(19)29(23,28)33/h9,11-13,17-18,20,23-24,30,33H,10,14H2,1-8H3/t17-,18?,20+,23-,24+,28?,29+/m0/s1. The maximum absolute atomic E-state index is 14.7. The van der Waals surface area contributed by atoms with E-state index in [4.69, 9.17) is 14.2 Å². The second-order valence-corrected chi connectivity index (χ2v) is 12.6. The highest BCUT2D eigenvalue weighted by molar-refractivity contribution is 5.95. The molecule has 1 saturated heterocycles. The summed E-state index contributed by atoms with van der Waals surface area (Å²) in [5.74, 6) is -2.03. The first kappa shape index (κ1) is 25.4. The summed E-state index contributed by atoms with van der Waals surface area (Å²) in [6.45, 7) is 16.0. The average molecular weight is 498 g/mol. The van der Waals surface area contributed by atoms with Crippen molar-refractivity contribution in [3.05, 3.63) is 46.8 Å². The van der Waals surface area contributed by atoms with E-state index >= 15 is 0 Å². The number of nitrogens with one attached hydrogen (secondary N) is 1. The number of aryl methyl sites for hydroxylation is 1. The van der Waals surface area contributed by atoms with Crippen molar-refractivity contribution < 1.29 is 28.9 Å². The van der Waals surface area contributed by atoms with Crippen LogP contribution in [-0.2, 0) is 19.0 Å². The predicted octanol–water partition coefficient (Wildman–Crippen LogP) is 4.50. The zero-order valence-corrected chi connectivity index (χ0v) is 22.6. The number of hydrogen-bond acceptors (Lipinski definition) is 6. The van der Waals surface area contributed by atoms with Gasteiger partial charge in [0.1, 0.15) is 11.8 Å². The first-order valence-electron chi connectivity index (χ1n) is 13.0. The topological polar surface area (TPSA) is 97.8 Å². The number of hydrogen-bond donors (Lipinski definition) is 2. The summed E-state index contributed by atoms with van der Waals surface area (Å²) >= 11 is 0. The molecule has 7 atom stereocenters. The summed E-state index contributed by atoms with van der Waals surface area (Å²) < 4.78 is 18.5. The number of rotatable bonds is 2. The molecule has 2 bridgehead atoms. The molecule has 7 nitrogen and oxygen atoms in total. The van der Waals surface area contributed by atoms with E-state index in [1.54, 1.807) is 26.1 Å². The van der Waals surface area contributed by atoms with Crippen LogP contribution in [0.2, 0.25) is 0 Å². The van der Waals surface area contributed by atoms with Gasteiger partial charge in [0.25, 0.3) is 0 Å². The summed E-state index contributed by atoms with van der Waals surface area (Å²) in [5.41, 5.74) is -0.862. The third-order valence-corrected chi connectivity index (χ3v) is 9.56. The van der Waals surface area contributed by atoms with Crippen molar-refractivity contribution in [3.63, 3.8) is 0 Å². The first-order valence-corrected chi connectivity index (χ1v) is 13.0. The maximum atomic E-state index is 14.7. The van der Waals surface area contributed by atoms with E-state index in [1.165, 1.54) is 0 Å². The summed E-state index contributed by atoms with van der Waals surface area (Å²) in [6, 6.07) is 1.71. The maximum Gasteiger partial charge on any atom is 0.355 e. The highest BCUT2D eigenvalue weighted by Gasteiger charge is 2.74.